The van der Waals surface area contributed by atoms with Crippen LogP contribution in [0.1, 0.15) is 63.4 Å². The van der Waals surface area contributed by atoms with Gasteiger partial charge in [0.2, 0.25) is 0 Å². The van der Waals surface area contributed by atoms with Crippen LogP contribution in [-0.2, 0) is 17.7 Å². The number of carbonyl (C=O) groups is 1. The number of ether oxygens (including phenoxy) is 1. The van der Waals surface area contributed by atoms with Gasteiger partial charge < -0.3 is 9.64 Å². The molecule has 0 saturated carbocycles. The summed E-state index contributed by atoms with van der Waals surface area (Å²) in [7, 11) is 0. The van der Waals surface area contributed by atoms with Gasteiger partial charge in [-0.15, -0.1) is 0 Å². The Morgan fingerprint density at radius 3 is 2.49 bits per heavy atom. The highest BCUT2D eigenvalue weighted by molar-refractivity contribution is 5.78. The molecular formula is C31H36N6O2. The van der Waals surface area contributed by atoms with Gasteiger partial charge in [-0.1, -0.05) is 24.3 Å². The highest BCUT2D eigenvalue weighted by atomic mass is 16.6. The molecule has 8 heteroatoms. The summed E-state index contributed by atoms with van der Waals surface area (Å²) < 4.78 is 7.46. The minimum atomic E-state index is -0.466. The van der Waals surface area contributed by atoms with Gasteiger partial charge in [-0.25, -0.2) is 14.8 Å². The van der Waals surface area contributed by atoms with Gasteiger partial charge in [0.1, 0.15) is 17.1 Å². The number of rotatable bonds is 6. The number of likely N-dealkylation sites (tertiary alicyclic amines) is 1. The van der Waals surface area contributed by atoms with E-state index in [-0.39, 0.29) is 6.09 Å². The first-order valence-corrected chi connectivity index (χ1v) is 13.7. The van der Waals surface area contributed by atoms with Crippen LogP contribution in [0.2, 0.25) is 0 Å². The van der Waals surface area contributed by atoms with Crippen molar-refractivity contribution in [3.05, 3.63) is 84.2 Å². The Hall–Kier alpha value is -4.07. The van der Waals surface area contributed by atoms with Crippen LogP contribution in [0.15, 0.2) is 67.3 Å². The van der Waals surface area contributed by atoms with Crippen molar-refractivity contribution in [3.63, 3.8) is 0 Å². The predicted molar refractivity (Wildman–Crippen MR) is 151 cm³/mol. The SMILES string of the molecule is CCn1cc(-c2ccnc(Cc3ccc(C4CCN(C(=O)OC(C)(C)C)CC4)cc3)n2)c(-c2cccnc2)n1. The van der Waals surface area contributed by atoms with Crippen molar-refractivity contribution in [3.8, 4) is 22.5 Å². The molecule has 4 aromatic rings. The van der Waals surface area contributed by atoms with Crippen molar-refractivity contribution in [1.29, 1.82) is 0 Å². The lowest BCUT2D eigenvalue weighted by atomic mass is 9.89. The summed E-state index contributed by atoms with van der Waals surface area (Å²) in [6, 6.07) is 14.6. The van der Waals surface area contributed by atoms with Crippen LogP contribution in [-0.4, -0.2) is 54.4 Å². The molecule has 0 unspecified atom stereocenters. The van der Waals surface area contributed by atoms with E-state index in [4.69, 9.17) is 14.8 Å². The van der Waals surface area contributed by atoms with Gasteiger partial charge in [0.05, 0.1) is 5.69 Å². The highest BCUT2D eigenvalue weighted by Gasteiger charge is 2.27. The molecule has 0 atom stereocenters. The van der Waals surface area contributed by atoms with Crippen LogP contribution in [0.4, 0.5) is 4.79 Å². The summed E-state index contributed by atoms with van der Waals surface area (Å²) >= 11 is 0. The van der Waals surface area contributed by atoms with E-state index in [1.165, 1.54) is 11.1 Å². The topological polar surface area (TPSA) is 86.0 Å². The van der Waals surface area contributed by atoms with E-state index in [9.17, 15) is 4.79 Å². The van der Waals surface area contributed by atoms with E-state index in [0.717, 1.165) is 60.8 Å². The fourth-order valence-electron chi connectivity index (χ4n) is 4.93. The van der Waals surface area contributed by atoms with Gasteiger partial charge in [0.25, 0.3) is 0 Å². The van der Waals surface area contributed by atoms with Crippen molar-refractivity contribution in [2.24, 2.45) is 0 Å². The van der Waals surface area contributed by atoms with E-state index >= 15 is 0 Å². The first-order valence-electron chi connectivity index (χ1n) is 13.7. The Bertz CT molecular complexity index is 1400. The lowest BCUT2D eigenvalue weighted by Crippen LogP contribution is -2.41. The Morgan fingerprint density at radius 1 is 1.05 bits per heavy atom. The van der Waals surface area contributed by atoms with Gasteiger partial charge >= 0.3 is 6.09 Å². The Morgan fingerprint density at radius 2 is 1.82 bits per heavy atom. The second-order valence-corrected chi connectivity index (χ2v) is 11.0. The van der Waals surface area contributed by atoms with Crippen molar-refractivity contribution in [2.45, 2.75) is 65.0 Å². The second-order valence-electron chi connectivity index (χ2n) is 11.0. The molecule has 5 rings (SSSR count). The molecule has 1 fully saturated rings. The lowest BCUT2D eigenvalue weighted by Gasteiger charge is -2.33. The van der Waals surface area contributed by atoms with Crippen LogP contribution in [0, 0.1) is 0 Å². The molecular weight excluding hydrogens is 488 g/mol. The zero-order valence-electron chi connectivity index (χ0n) is 23.2. The minimum absolute atomic E-state index is 0.215. The van der Waals surface area contributed by atoms with Crippen LogP contribution < -0.4 is 0 Å². The standard InChI is InChI=1S/C31H36N6O2/c1-5-37-21-26(29(35-37)25-7-6-15-32-20-25)27-12-16-33-28(34-27)19-22-8-10-23(11-9-22)24-13-17-36(18-14-24)30(38)39-31(2,3)4/h6-12,15-16,20-21,24H,5,13-14,17-19H2,1-4H3. The van der Waals surface area contributed by atoms with Gasteiger partial charge in [-0.3, -0.25) is 9.67 Å². The Balaban J connectivity index is 1.25. The molecule has 1 aromatic carbocycles. The molecule has 202 valence electrons. The summed E-state index contributed by atoms with van der Waals surface area (Å²) in [6.07, 6.45) is 9.77. The average molecular weight is 525 g/mol. The molecule has 0 aliphatic carbocycles. The molecule has 0 spiro atoms. The van der Waals surface area contributed by atoms with Gasteiger partial charge in [-0.05, 0) is 75.8 Å². The lowest BCUT2D eigenvalue weighted by molar-refractivity contribution is 0.0205. The molecule has 0 bridgehead atoms. The number of hydrogen-bond donors (Lipinski definition) is 0. The van der Waals surface area contributed by atoms with E-state index in [0.29, 0.717) is 12.3 Å². The Kier molecular flexibility index (Phi) is 7.72. The van der Waals surface area contributed by atoms with Crippen LogP contribution in [0.5, 0.6) is 0 Å². The maximum absolute atomic E-state index is 12.4. The smallest absolute Gasteiger partial charge is 0.410 e. The van der Waals surface area contributed by atoms with Crippen LogP contribution in [0.25, 0.3) is 22.5 Å². The minimum Gasteiger partial charge on any atom is -0.444 e. The monoisotopic (exact) mass is 524 g/mol. The van der Waals surface area contributed by atoms with E-state index in [2.05, 4.69) is 41.2 Å². The fourth-order valence-corrected chi connectivity index (χ4v) is 4.93. The van der Waals surface area contributed by atoms with E-state index < -0.39 is 5.60 Å². The molecule has 39 heavy (non-hydrogen) atoms. The highest BCUT2D eigenvalue weighted by Crippen LogP contribution is 2.31. The number of piperidine rings is 1. The zero-order valence-corrected chi connectivity index (χ0v) is 23.2. The number of aryl methyl sites for hydroxylation is 1. The molecule has 1 amide bonds. The molecule has 8 nitrogen and oxygen atoms in total. The van der Waals surface area contributed by atoms with Crippen LogP contribution in [0.3, 0.4) is 0 Å². The number of carbonyl (C=O) groups excluding carboxylic acids is 1. The molecule has 4 heterocycles. The summed E-state index contributed by atoms with van der Waals surface area (Å²) in [5, 5.41) is 4.76. The third-order valence-corrected chi connectivity index (χ3v) is 6.96. The van der Waals surface area contributed by atoms with Crippen LogP contribution >= 0.6 is 0 Å². The molecule has 1 saturated heterocycles. The second kappa shape index (κ2) is 11.4. The van der Waals surface area contributed by atoms with Crippen molar-refractivity contribution >= 4 is 6.09 Å². The largest absolute Gasteiger partial charge is 0.444 e. The number of pyridine rings is 1. The van der Waals surface area contributed by atoms with Gasteiger partial charge in [0.15, 0.2) is 0 Å². The van der Waals surface area contributed by atoms with E-state index in [1.54, 1.807) is 6.20 Å². The quantitative estimate of drug-likeness (QED) is 0.302. The third kappa shape index (κ3) is 6.50. The number of benzene rings is 1. The number of hydrogen-bond acceptors (Lipinski definition) is 6. The third-order valence-electron chi connectivity index (χ3n) is 6.96. The summed E-state index contributed by atoms with van der Waals surface area (Å²) in [4.78, 5) is 27.9. The maximum atomic E-state index is 12.4. The van der Waals surface area contributed by atoms with Gasteiger partial charge in [0, 0.05) is 62.0 Å². The first kappa shape index (κ1) is 26.5. The molecule has 1 aliphatic heterocycles. The molecule has 1 aliphatic rings. The average Bonchev–Trinajstić information content (AvgIpc) is 3.38. The number of amides is 1. The zero-order chi connectivity index (χ0) is 27.4. The number of aromatic nitrogens is 5. The van der Waals surface area contributed by atoms with Gasteiger partial charge in [-0.2, -0.15) is 5.10 Å². The summed E-state index contributed by atoms with van der Waals surface area (Å²) in [6.45, 7) is 10.00. The number of nitrogens with zero attached hydrogens (tertiary/aromatic N) is 6. The maximum Gasteiger partial charge on any atom is 0.410 e. The summed E-state index contributed by atoms with van der Waals surface area (Å²) in [5.74, 6) is 1.21. The molecule has 0 radical (unpaired) electrons. The summed E-state index contributed by atoms with van der Waals surface area (Å²) in [5.41, 5.74) is 5.67. The van der Waals surface area contributed by atoms with E-state index in [1.807, 2.05) is 67.1 Å². The molecule has 3 aromatic heterocycles. The fraction of sp³-hybridized carbons (Fsp3) is 0.387. The molecule has 0 N–H and O–H groups in total. The first-order chi connectivity index (χ1) is 18.8. The Labute approximate surface area is 230 Å². The van der Waals surface area contributed by atoms with Crippen molar-refractivity contribution in [2.75, 3.05) is 13.1 Å². The predicted octanol–water partition coefficient (Wildman–Crippen LogP) is 6.13. The normalized spacial score (nSPS) is 14.4. The van der Waals surface area contributed by atoms with Crippen molar-refractivity contribution < 1.29 is 9.53 Å². The van der Waals surface area contributed by atoms with Crippen molar-refractivity contribution in [1.82, 2.24) is 29.6 Å².